The molecule has 1 aliphatic carbocycles. The van der Waals surface area contributed by atoms with Gasteiger partial charge in [0.25, 0.3) is 0 Å². The molecule has 3 atom stereocenters. The molecule has 1 fully saturated rings. The van der Waals surface area contributed by atoms with Crippen LogP contribution < -0.4 is 0 Å². The number of nitriles is 1. The van der Waals surface area contributed by atoms with E-state index >= 15 is 0 Å². The van der Waals surface area contributed by atoms with Crippen LogP contribution in [0.15, 0.2) is 0 Å². The zero-order valence-corrected chi connectivity index (χ0v) is 10.6. The van der Waals surface area contributed by atoms with Gasteiger partial charge in [-0.2, -0.15) is 5.26 Å². The Balaban J connectivity index is 2.65. The quantitative estimate of drug-likeness (QED) is 0.736. The highest BCUT2D eigenvalue weighted by molar-refractivity contribution is 5.81. The Kier molecular flexibility index (Phi) is 4.79. The molecular formula is C13H22N2O. The van der Waals surface area contributed by atoms with Crippen LogP contribution in [0.4, 0.5) is 0 Å². The van der Waals surface area contributed by atoms with Gasteiger partial charge < -0.3 is 4.90 Å². The number of carbonyl (C=O) groups excluding carboxylic acids is 1. The van der Waals surface area contributed by atoms with Crippen molar-refractivity contribution in [3.63, 3.8) is 0 Å². The van der Waals surface area contributed by atoms with Crippen LogP contribution in [0.1, 0.15) is 46.0 Å². The van der Waals surface area contributed by atoms with Gasteiger partial charge in [-0.25, -0.2) is 0 Å². The van der Waals surface area contributed by atoms with E-state index in [-0.39, 0.29) is 5.91 Å². The SMILES string of the molecule is CCC(C#N)C(=O)N(C)C1CCCCC1C. The molecule has 16 heavy (non-hydrogen) atoms. The summed E-state index contributed by atoms with van der Waals surface area (Å²) in [5.74, 6) is 0.113. The Morgan fingerprint density at radius 3 is 2.62 bits per heavy atom. The molecule has 0 bridgehead atoms. The summed E-state index contributed by atoms with van der Waals surface area (Å²) in [7, 11) is 1.86. The number of hydrogen-bond acceptors (Lipinski definition) is 2. The molecule has 0 spiro atoms. The maximum atomic E-state index is 12.1. The Hall–Kier alpha value is -1.04. The fourth-order valence-electron chi connectivity index (χ4n) is 2.60. The van der Waals surface area contributed by atoms with Crippen molar-refractivity contribution in [1.82, 2.24) is 4.90 Å². The molecule has 1 rings (SSSR count). The van der Waals surface area contributed by atoms with E-state index < -0.39 is 5.92 Å². The van der Waals surface area contributed by atoms with Crippen molar-refractivity contribution >= 4 is 5.91 Å². The Bertz CT molecular complexity index is 282. The minimum absolute atomic E-state index is 0.00347. The first kappa shape index (κ1) is 13.0. The number of carbonyl (C=O) groups is 1. The number of amides is 1. The van der Waals surface area contributed by atoms with Gasteiger partial charge in [0.15, 0.2) is 0 Å². The Morgan fingerprint density at radius 2 is 2.12 bits per heavy atom. The van der Waals surface area contributed by atoms with E-state index in [0.717, 1.165) is 6.42 Å². The predicted octanol–water partition coefficient (Wildman–Crippen LogP) is 2.57. The average molecular weight is 222 g/mol. The normalized spacial score (nSPS) is 26.9. The van der Waals surface area contributed by atoms with E-state index in [0.29, 0.717) is 18.4 Å². The lowest BCUT2D eigenvalue weighted by molar-refractivity contribution is -0.136. The monoisotopic (exact) mass is 222 g/mol. The number of nitrogens with zero attached hydrogens (tertiary/aromatic N) is 2. The van der Waals surface area contributed by atoms with Crippen molar-refractivity contribution in [2.75, 3.05) is 7.05 Å². The van der Waals surface area contributed by atoms with Gasteiger partial charge in [-0.3, -0.25) is 4.79 Å². The second-order valence-electron chi connectivity index (χ2n) is 4.87. The van der Waals surface area contributed by atoms with Crippen LogP contribution in [0.3, 0.4) is 0 Å². The fraction of sp³-hybridized carbons (Fsp3) is 0.846. The molecule has 0 heterocycles. The topological polar surface area (TPSA) is 44.1 Å². The van der Waals surface area contributed by atoms with Gasteiger partial charge in [-0.15, -0.1) is 0 Å². The Labute approximate surface area is 98.4 Å². The van der Waals surface area contributed by atoms with Gasteiger partial charge in [-0.05, 0) is 25.2 Å². The first-order chi connectivity index (χ1) is 7.61. The summed E-state index contributed by atoms with van der Waals surface area (Å²) in [5, 5.41) is 8.91. The molecule has 3 unspecified atom stereocenters. The lowest BCUT2D eigenvalue weighted by atomic mass is 9.84. The highest BCUT2D eigenvalue weighted by Crippen LogP contribution is 2.28. The van der Waals surface area contributed by atoms with E-state index in [9.17, 15) is 4.79 Å². The van der Waals surface area contributed by atoms with Crippen molar-refractivity contribution in [2.45, 2.75) is 52.0 Å². The van der Waals surface area contributed by atoms with Crippen molar-refractivity contribution in [1.29, 1.82) is 5.26 Å². The molecule has 0 N–H and O–H groups in total. The first-order valence-electron chi connectivity index (χ1n) is 6.28. The third-order valence-corrected chi connectivity index (χ3v) is 3.77. The van der Waals surface area contributed by atoms with E-state index in [1.54, 1.807) is 0 Å². The van der Waals surface area contributed by atoms with Crippen LogP contribution >= 0.6 is 0 Å². The molecule has 3 nitrogen and oxygen atoms in total. The van der Waals surface area contributed by atoms with Gasteiger partial charge in [-0.1, -0.05) is 26.7 Å². The number of hydrogen-bond donors (Lipinski definition) is 0. The second-order valence-corrected chi connectivity index (χ2v) is 4.87. The van der Waals surface area contributed by atoms with Crippen LogP contribution in [0.5, 0.6) is 0 Å². The standard InChI is InChI=1S/C13H22N2O/c1-4-11(9-14)13(16)15(3)12-8-6-5-7-10(12)2/h10-12H,4-8H2,1-3H3. The molecule has 0 radical (unpaired) electrons. The van der Waals surface area contributed by atoms with Gasteiger partial charge in [0.1, 0.15) is 5.92 Å². The van der Waals surface area contributed by atoms with Gasteiger partial charge >= 0.3 is 0 Å². The van der Waals surface area contributed by atoms with E-state index in [2.05, 4.69) is 13.0 Å². The molecule has 90 valence electrons. The molecule has 0 aliphatic heterocycles. The van der Waals surface area contributed by atoms with Crippen molar-refractivity contribution in [2.24, 2.45) is 11.8 Å². The lowest BCUT2D eigenvalue weighted by Crippen LogP contribution is -2.44. The van der Waals surface area contributed by atoms with Crippen molar-refractivity contribution in [3.8, 4) is 6.07 Å². The fourth-order valence-corrected chi connectivity index (χ4v) is 2.60. The second kappa shape index (κ2) is 5.89. The lowest BCUT2D eigenvalue weighted by Gasteiger charge is -2.37. The third kappa shape index (κ3) is 2.75. The van der Waals surface area contributed by atoms with E-state index in [1.807, 2.05) is 18.9 Å². The zero-order chi connectivity index (χ0) is 12.1. The van der Waals surface area contributed by atoms with Crippen LogP contribution in [0.2, 0.25) is 0 Å². The van der Waals surface area contributed by atoms with Crippen LogP contribution in [0.25, 0.3) is 0 Å². The number of rotatable bonds is 3. The minimum Gasteiger partial charge on any atom is -0.341 e. The molecule has 0 aromatic rings. The van der Waals surface area contributed by atoms with Crippen LogP contribution in [0, 0.1) is 23.2 Å². The maximum Gasteiger partial charge on any atom is 0.239 e. The maximum absolute atomic E-state index is 12.1. The summed E-state index contributed by atoms with van der Waals surface area (Å²) < 4.78 is 0. The summed E-state index contributed by atoms with van der Waals surface area (Å²) in [6.07, 6.45) is 5.38. The summed E-state index contributed by atoms with van der Waals surface area (Å²) in [4.78, 5) is 13.9. The summed E-state index contributed by atoms with van der Waals surface area (Å²) in [6.45, 7) is 4.10. The molecule has 0 saturated heterocycles. The highest BCUT2D eigenvalue weighted by atomic mass is 16.2. The highest BCUT2D eigenvalue weighted by Gasteiger charge is 2.30. The van der Waals surface area contributed by atoms with Gasteiger partial charge in [0.05, 0.1) is 6.07 Å². The molecule has 1 aliphatic rings. The summed E-state index contributed by atoms with van der Waals surface area (Å²) >= 11 is 0. The molecular weight excluding hydrogens is 200 g/mol. The molecule has 3 heteroatoms. The molecule has 0 aromatic heterocycles. The average Bonchev–Trinajstić information content (AvgIpc) is 2.30. The van der Waals surface area contributed by atoms with Gasteiger partial charge in [0, 0.05) is 13.1 Å². The largest absolute Gasteiger partial charge is 0.341 e. The smallest absolute Gasteiger partial charge is 0.239 e. The molecule has 1 amide bonds. The molecule has 1 saturated carbocycles. The Morgan fingerprint density at radius 1 is 1.50 bits per heavy atom. The van der Waals surface area contributed by atoms with Gasteiger partial charge in [0.2, 0.25) is 5.91 Å². The zero-order valence-electron chi connectivity index (χ0n) is 10.6. The third-order valence-electron chi connectivity index (χ3n) is 3.77. The molecule has 0 aromatic carbocycles. The van der Waals surface area contributed by atoms with Crippen molar-refractivity contribution < 1.29 is 4.79 Å². The van der Waals surface area contributed by atoms with E-state index in [4.69, 9.17) is 5.26 Å². The predicted molar refractivity (Wildman–Crippen MR) is 63.6 cm³/mol. The first-order valence-corrected chi connectivity index (χ1v) is 6.28. The summed E-state index contributed by atoms with van der Waals surface area (Å²) in [5.41, 5.74) is 0. The van der Waals surface area contributed by atoms with Crippen LogP contribution in [-0.4, -0.2) is 23.9 Å². The van der Waals surface area contributed by atoms with Crippen LogP contribution in [-0.2, 0) is 4.79 Å². The van der Waals surface area contributed by atoms with Crippen molar-refractivity contribution in [3.05, 3.63) is 0 Å². The summed E-state index contributed by atoms with van der Waals surface area (Å²) in [6, 6.07) is 2.43. The van der Waals surface area contributed by atoms with E-state index in [1.165, 1.54) is 19.3 Å². The minimum atomic E-state index is -0.459.